The van der Waals surface area contributed by atoms with Crippen LogP contribution in [0.1, 0.15) is 13.3 Å². The molecule has 0 aliphatic carbocycles. The monoisotopic (exact) mass is 119 g/mol. The molecule has 0 aliphatic rings. The van der Waals surface area contributed by atoms with Crippen molar-refractivity contribution in [3.05, 3.63) is 0 Å². The summed E-state index contributed by atoms with van der Waals surface area (Å²) in [7, 11) is 0. The SMILES string of the molecule is CCC(=N)OSC. The van der Waals surface area contributed by atoms with Crippen LogP contribution >= 0.6 is 12.0 Å². The first-order valence-corrected chi connectivity index (χ1v) is 3.24. The second kappa shape index (κ2) is 3.99. The van der Waals surface area contributed by atoms with Crippen LogP contribution in [0.2, 0.25) is 0 Å². The number of hydrogen-bond donors (Lipinski definition) is 1. The van der Waals surface area contributed by atoms with Crippen molar-refractivity contribution in [2.24, 2.45) is 0 Å². The summed E-state index contributed by atoms with van der Waals surface area (Å²) in [5, 5.41) is 6.89. The van der Waals surface area contributed by atoms with Gasteiger partial charge in [-0.05, 0) is 0 Å². The van der Waals surface area contributed by atoms with Gasteiger partial charge >= 0.3 is 0 Å². The van der Waals surface area contributed by atoms with Crippen molar-refractivity contribution < 1.29 is 4.18 Å². The average Bonchev–Trinajstić information content (AvgIpc) is 1.68. The highest BCUT2D eigenvalue weighted by molar-refractivity contribution is 7.94. The van der Waals surface area contributed by atoms with Gasteiger partial charge in [0.05, 0.1) is 12.0 Å². The molecule has 0 amide bonds. The maximum atomic E-state index is 6.89. The zero-order valence-corrected chi connectivity index (χ0v) is 5.34. The molecule has 0 atom stereocenters. The van der Waals surface area contributed by atoms with Crippen LogP contribution in [-0.4, -0.2) is 12.2 Å². The average molecular weight is 119 g/mol. The van der Waals surface area contributed by atoms with Crippen LogP contribution in [0.3, 0.4) is 0 Å². The van der Waals surface area contributed by atoms with Crippen molar-refractivity contribution in [3.8, 4) is 0 Å². The second-order valence-electron chi connectivity index (χ2n) is 1.03. The van der Waals surface area contributed by atoms with E-state index in [1.807, 2.05) is 6.92 Å². The summed E-state index contributed by atoms with van der Waals surface area (Å²) in [5.41, 5.74) is 0. The van der Waals surface area contributed by atoms with Gasteiger partial charge in [-0.25, -0.2) is 0 Å². The molecule has 7 heavy (non-hydrogen) atoms. The molecule has 3 heteroatoms. The number of hydrogen-bond acceptors (Lipinski definition) is 3. The Kier molecular flexibility index (Phi) is 3.89. The Morgan fingerprint density at radius 3 is 2.57 bits per heavy atom. The molecule has 0 fully saturated rings. The van der Waals surface area contributed by atoms with Crippen LogP contribution in [0.25, 0.3) is 0 Å². The van der Waals surface area contributed by atoms with E-state index in [9.17, 15) is 0 Å². The van der Waals surface area contributed by atoms with E-state index < -0.39 is 0 Å². The van der Waals surface area contributed by atoms with Gasteiger partial charge in [0.1, 0.15) is 0 Å². The quantitative estimate of drug-likeness (QED) is 0.341. The van der Waals surface area contributed by atoms with Gasteiger partial charge < -0.3 is 4.18 Å². The lowest BCUT2D eigenvalue weighted by molar-refractivity contribution is 0.620. The van der Waals surface area contributed by atoms with Gasteiger partial charge in [0.2, 0.25) is 0 Å². The van der Waals surface area contributed by atoms with Crippen LogP contribution < -0.4 is 0 Å². The predicted octanol–water partition coefficient (Wildman–Crippen LogP) is 1.67. The summed E-state index contributed by atoms with van der Waals surface area (Å²) >= 11 is 1.21. The smallest absolute Gasteiger partial charge is 0.196 e. The first-order valence-electron chi connectivity index (χ1n) is 2.09. The third-order valence-electron chi connectivity index (χ3n) is 0.505. The van der Waals surface area contributed by atoms with E-state index in [0.29, 0.717) is 12.3 Å². The highest BCUT2D eigenvalue weighted by Gasteiger charge is 1.87. The minimum Gasteiger partial charge on any atom is -0.411 e. The van der Waals surface area contributed by atoms with Crippen LogP contribution in [0.5, 0.6) is 0 Å². The molecule has 0 radical (unpaired) electrons. The molecule has 0 aromatic rings. The van der Waals surface area contributed by atoms with Gasteiger partial charge in [0, 0.05) is 12.7 Å². The summed E-state index contributed by atoms with van der Waals surface area (Å²) in [6.45, 7) is 1.89. The van der Waals surface area contributed by atoms with Gasteiger partial charge in [-0.3, -0.25) is 5.41 Å². The number of rotatable bonds is 2. The molecule has 0 saturated carbocycles. The Labute approximate surface area is 48.0 Å². The number of nitrogens with one attached hydrogen (secondary N) is 1. The maximum Gasteiger partial charge on any atom is 0.196 e. The van der Waals surface area contributed by atoms with Crippen molar-refractivity contribution in [2.75, 3.05) is 6.26 Å². The van der Waals surface area contributed by atoms with E-state index in [1.54, 1.807) is 6.26 Å². The fourth-order valence-electron chi connectivity index (χ4n) is 0.160. The predicted molar refractivity (Wildman–Crippen MR) is 32.6 cm³/mol. The van der Waals surface area contributed by atoms with E-state index in [0.717, 1.165) is 0 Å². The Hall–Kier alpha value is -0.180. The van der Waals surface area contributed by atoms with E-state index in [1.165, 1.54) is 12.0 Å². The van der Waals surface area contributed by atoms with E-state index in [4.69, 9.17) is 9.59 Å². The van der Waals surface area contributed by atoms with E-state index in [-0.39, 0.29) is 0 Å². The Morgan fingerprint density at radius 1 is 1.86 bits per heavy atom. The van der Waals surface area contributed by atoms with Crippen molar-refractivity contribution in [2.45, 2.75) is 13.3 Å². The van der Waals surface area contributed by atoms with Gasteiger partial charge in [-0.15, -0.1) is 0 Å². The topological polar surface area (TPSA) is 33.1 Å². The Balaban J connectivity index is 3.00. The van der Waals surface area contributed by atoms with Gasteiger partial charge in [-0.2, -0.15) is 0 Å². The van der Waals surface area contributed by atoms with Crippen molar-refractivity contribution >= 4 is 17.9 Å². The first kappa shape index (κ1) is 6.82. The minimum atomic E-state index is 0.340. The molecule has 0 rings (SSSR count). The van der Waals surface area contributed by atoms with E-state index >= 15 is 0 Å². The summed E-state index contributed by atoms with van der Waals surface area (Å²) in [6, 6.07) is 0. The molecule has 0 aromatic carbocycles. The Bertz CT molecular complexity index is 64.7. The van der Waals surface area contributed by atoms with Crippen molar-refractivity contribution in [1.29, 1.82) is 5.41 Å². The third kappa shape index (κ3) is 3.66. The molecule has 0 aliphatic heterocycles. The second-order valence-corrected chi connectivity index (χ2v) is 1.53. The molecule has 1 N–H and O–H groups in total. The van der Waals surface area contributed by atoms with Crippen molar-refractivity contribution in [1.82, 2.24) is 0 Å². The lowest BCUT2D eigenvalue weighted by Gasteiger charge is -1.95. The summed E-state index contributed by atoms with van der Waals surface area (Å²) in [5.74, 6) is 0.340. The summed E-state index contributed by atoms with van der Waals surface area (Å²) in [6.07, 6.45) is 2.48. The zero-order chi connectivity index (χ0) is 5.70. The lowest BCUT2D eigenvalue weighted by Crippen LogP contribution is -1.91. The van der Waals surface area contributed by atoms with Gasteiger partial charge in [0.25, 0.3) is 0 Å². The lowest BCUT2D eigenvalue weighted by atomic mass is 10.5. The fourth-order valence-corrected chi connectivity index (χ4v) is 0.479. The van der Waals surface area contributed by atoms with Crippen LogP contribution in [0.4, 0.5) is 0 Å². The van der Waals surface area contributed by atoms with Crippen LogP contribution in [0.15, 0.2) is 0 Å². The molecule has 2 nitrogen and oxygen atoms in total. The Morgan fingerprint density at radius 2 is 2.43 bits per heavy atom. The molecular weight excluding hydrogens is 110 g/mol. The highest BCUT2D eigenvalue weighted by Crippen LogP contribution is 1.96. The summed E-state index contributed by atoms with van der Waals surface area (Å²) in [4.78, 5) is 0. The molecule has 0 bridgehead atoms. The molecule has 0 heterocycles. The molecule has 42 valence electrons. The zero-order valence-electron chi connectivity index (χ0n) is 4.52. The van der Waals surface area contributed by atoms with Gasteiger partial charge in [-0.1, -0.05) is 6.92 Å². The van der Waals surface area contributed by atoms with Crippen molar-refractivity contribution in [3.63, 3.8) is 0 Å². The molecular formula is C4H9NOS. The molecule has 0 saturated heterocycles. The van der Waals surface area contributed by atoms with Crippen LogP contribution in [-0.2, 0) is 4.18 Å². The largest absolute Gasteiger partial charge is 0.411 e. The summed E-state index contributed by atoms with van der Waals surface area (Å²) < 4.78 is 4.69. The van der Waals surface area contributed by atoms with Gasteiger partial charge in [0.15, 0.2) is 5.90 Å². The fraction of sp³-hybridized carbons (Fsp3) is 0.750. The normalized spacial score (nSPS) is 8.29. The molecule has 0 spiro atoms. The molecule has 0 unspecified atom stereocenters. The highest BCUT2D eigenvalue weighted by atomic mass is 32.2. The minimum absolute atomic E-state index is 0.340. The van der Waals surface area contributed by atoms with Crippen LogP contribution in [0, 0.1) is 5.41 Å². The first-order chi connectivity index (χ1) is 3.31. The van der Waals surface area contributed by atoms with E-state index in [2.05, 4.69) is 0 Å². The standard InChI is InChI=1S/C4H9NOS/c1-3-4(5)6-7-2/h5H,3H2,1-2H3. The molecule has 0 aromatic heterocycles. The third-order valence-corrected chi connectivity index (χ3v) is 0.873. The maximum absolute atomic E-state index is 6.89.